The van der Waals surface area contributed by atoms with Gasteiger partial charge in [0.2, 0.25) is 0 Å². The number of carbonyl (C=O) groups excluding carboxylic acids is 1. The van der Waals surface area contributed by atoms with Gasteiger partial charge in [-0.25, -0.2) is 0 Å². The van der Waals surface area contributed by atoms with Crippen molar-refractivity contribution < 1.29 is 4.79 Å². The Bertz CT molecular complexity index is 500. The molecular formula is C14H12ClNO. The lowest BCUT2D eigenvalue weighted by molar-refractivity contribution is 0.0993. The molecule has 1 aromatic rings. The SMILES string of the molecule is O=C(CC1=CC=C(Cl)CC=C1)c1ccncc1. The summed E-state index contributed by atoms with van der Waals surface area (Å²) in [5.74, 6) is 0.0923. The second-order valence-corrected chi connectivity index (χ2v) is 4.28. The fourth-order valence-corrected chi connectivity index (χ4v) is 1.74. The van der Waals surface area contributed by atoms with Crippen LogP contribution in [0.25, 0.3) is 0 Å². The average molecular weight is 246 g/mol. The third-order valence-electron chi connectivity index (χ3n) is 2.49. The topological polar surface area (TPSA) is 30.0 Å². The van der Waals surface area contributed by atoms with Crippen LogP contribution in [0.3, 0.4) is 0 Å². The fraction of sp³-hybridized carbons (Fsp3) is 0.143. The van der Waals surface area contributed by atoms with E-state index < -0.39 is 0 Å². The number of rotatable bonds is 3. The van der Waals surface area contributed by atoms with Gasteiger partial charge in [0.1, 0.15) is 0 Å². The molecule has 0 aromatic carbocycles. The highest BCUT2D eigenvalue weighted by molar-refractivity contribution is 6.29. The maximum atomic E-state index is 12.0. The molecule has 2 nitrogen and oxygen atoms in total. The molecule has 86 valence electrons. The number of ketones is 1. The molecular weight excluding hydrogens is 234 g/mol. The van der Waals surface area contributed by atoms with Crippen LogP contribution in [0.1, 0.15) is 23.2 Å². The number of hydrogen-bond donors (Lipinski definition) is 0. The first-order valence-electron chi connectivity index (χ1n) is 5.41. The standard InChI is InChI=1S/C14H12ClNO/c15-13-3-1-2-11(4-5-13)10-14(17)12-6-8-16-9-7-12/h1-2,4-9H,3,10H2. The van der Waals surface area contributed by atoms with Crippen molar-refractivity contribution in [2.45, 2.75) is 12.8 Å². The van der Waals surface area contributed by atoms with Gasteiger partial charge in [-0.3, -0.25) is 9.78 Å². The summed E-state index contributed by atoms with van der Waals surface area (Å²) in [5.41, 5.74) is 1.66. The fourth-order valence-electron chi connectivity index (χ4n) is 1.59. The summed E-state index contributed by atoms with van der Waals surface area (Å²) in [6.45, 7) is 0. The minimum atomic E-state index is 0.0923. The normalized spacial score (nSPS) is 14.9. The summed E-state index contributed by atoms with van der Waals surface area (Å²) >= 11 is 5.91. The lowest BCUT2D eigenvalue weighted by Crippen LogP contribution is -1.99. The monoisotopic (exact) mass is 245 g/mol. The Balaban J connectivity index is 2.10. The van der Waals surface area contributed by atoms with Crippen LogP contribution < -0.4 is 0 Å². The van der Waals surface area contributed by atoms with Gasteiger partial charge >= 0.3 is 0 Å². The van der Waals surface area contributed by atoms with E-state index in [9.17, 15) is 4.79 Å². The lowest BCUT2D eigenvalue weighted by Gasteiger charge is -2.00. The highest BCUT2D eigenvalue weighted by Crippen LogP contribution is 2.17. The van der Waals surface area contributed by atoms with Crippen LogP contribution in [0.2, 0.25) is 0 Å². The van der Waals surface area contributed by atoms with Gasteiger partial charge in [-0.05, 0) is 23.8 Å². The molecule has 1 aliphatic rings. The molecule has 0 amide bonds. The maximum Gasteiger partial charge on any atom is 0.167 e. The van der Waals surface area contributed by atoms with Crippen LogP contribution in [0, 0.1) is 0 Å². The lowest BCUT2D eigenvalue weighted by atomic mass is 10.0. The minimum Gasteiger partial charge on any atom is -0.294 e. The molecule has 0 saturated heterocycles. The van der Waals surface area contributed by atoms with Gasteiger partial charge in [0.15, 0.2) is 5.78 Å². The van der Waals surface area contributed by atoms with Crippen LogP contribution in [-0.2, 0) is 0 Å². The van der Waals surface area contributed by atoms with Crippen molar-refractivity contribution in [3.8, 4) is 0 Å². The largest absolute Gasteiger partial charge is 0.294 e. The van der Waals surface area contributed by atoms with E-state index in [1.807, 2.05) is 24.3 Å². The first-order valence-corrected chi connectivity index (χ1v) is 5.78. The average Bonchev–Trinajstić information content (AvgIpc) is 2.56. The minimum absolute atomic E-state index is 0.0923. The number of aromatic nitrogens is 1. The van der Waals surface area contributed by atoms with Gasteiger partial charge in [-0.1, -0.05) is 29.8 Å². The van der Waals surface area contributed by atoms with E-state index in [-0.39, 0.29) is 5.78 Å². The van der Waals surface area contributed by atoms with E-state index >= 15 is 0 Å². The van der Waals surface area contributed by atoms with Gasteiger partial charge in [0.05, 0.1) is 0 Å². The van der Waals surface area contributed by atoms with E-state index in [1.165, 1.54) is 0 Å². The summed E-state index contributed by atoms with van der Waals surface area (Å²) in [7, 11) is 0. The summed E-state index contributed by atoms with van der Waals surface area (Å²) < 4.78 is 0. The molecule has 0 bridgehead atoms. The molecule has 0 aliphatic heterocycles. The molecule has 0 radical (unpaired) electrons. The van der Waals surface area contributed by atoms with E-state index in [2.05, 4.69) is 4.98 Å². The van der Waals surface area contributed by atoms with Crippen LogP contribution >= 0.6 is 11.6 Å². The zero-order chi connectivity index (χ0) is 12.1. The second-order valence-electron chi connectivity index (χ2n) is 3.80. The number of hydrogen-bond acceptors (Lipinski definition) is 2. The van der Waals surface area contributed by atoms with Gasteiger partial charge in [0, 0.05) is 35.8 Å². The van der Waals surface area contributed by atoms with E-state index in [1.54, 1.807) is 24.5 Å². The Morgan fingerprint density at radius 1 is 1.29 bits per heavy atom. The van der Waals surface area contributed by atoms with Crippen molar-refractivity contribution in [2.24, 2.45) is 0 Å². The molecule has 0 atom stereocenters. The Morgan fingerprint density at radius 2 is 2.06 bits per heavy atom. The zero-order valence-corrected chi connectivity index (χ0v) is 10.0. The molecule has 1 heterocycles. The summed E-state index contributed by atoms with van der Waals surface area (Å²) in [4.78, 5) is 15.8. The van der Waals surface area contributed by atoms with Crippen molar-refractivity contribution in [1.29, 1.82) is 0 Å². The number of pyridine rings is 1. The molecule has 0 unspecified atom stereocenters. The summed E-state index contributed by atoms with van der Waals surface area (Å²) in [6.07, 6.45) is 12.0. The number of halogens is 1. The first kappa shape index (κ1) is 11.8. The van der Waals surface area contributed by atoms with E-state index in [0.717, 1.165) is 17.0 Å². The predicted octanol–water partition coefficient (Wildman–Crippen LogP) is 3.66. The maximum absolute atomic E-state index is 12.0. The Labute approximate surface area is 105 Å². The molecule has 3 heteroatoms. The van der Waals surface area contributed by atoms with Crippen molar-refractivity contribution in [1.82, 2.24) is 4.98 Å². The predicted molar refractivity (Wildman–Crippen MR) is 69.0 cm³/mol. The van der Waals surface area contributed by atoms with Gasteiger partial charge in [-0.15, -0.1) is 0 Å². The third-order valence-corrected chi connectivity index (χ3v) is 2.77. The molecule has 2 rings (SSSR count). The van der Waals surface area contributed by atoms with Crippen molar-refractivity contribution in [2.75, 3.05) is 0 Å². The van der Waals surface area contributed by atoms with Gasteiger partial charge in [0.25, 0.3) is 0 Å². The number of Topliss-reactive ketones (excluding diaryl/α,β-unsaturated/α-hetero) is 1. The van der Waals surface area contributed by atoms with Crippen molar-refractivity contribution in [3.05, 3.63) is 65.0 Å². The highest BCUT2D eigenvalue weighted by Gasteiger charge is 2.07. The Hall–Kier alpha value is -1.67. The zero-order valence-electron chi connectivity index (χ0n) is 9.27. The number of allylic oxidation sites excluding steroid dienone is 6. The first-order chi connectivity index (χ1) is 8.25. The quantitative estimate of drug-likeness (QED) is 0.761. The van der Waals surface area contributed by atoms with Crippen LogP contribution in [0.4, 0.5) is 0 Å². The molecule has 0 fully saturated rings. The summed E-state index contributed by atoms with van der Waals surface area (Å²) in [5, 5.41) is 0.785. The molecule has 0 spiro atoms. The number of carbonyl (C=O) groups is 1. The van der Waals surface area contributed by atoms with Gasteiger partial charge in [-0.2, -0.15) is 0 Å². The van der Waals surface area contributed by atoms with Crippen LogP contribution in [0.15, 0.2) is 59.4 Å². The van der Waals surface area contributed by atoms with E-state index in [0.29, 0.717) is 12.0 Å². The summed E-state index contributed by atoms with van der Waals surface area (Å²) in [6, 6.07) is 3.46. The Kier molecular flexibility index (Phi) is 3.89. The molecule has 0 saturated carbocycles. The molecule has 1 aliphatic carbocycles. The highest BCUT2D eigenvalue weighted by atomic mass is 35.5. The van der Waals surface area contributed by atoms with Crippen LogP contribution in [0.5, 0.6) is 0 Å². The third kappa shape index (κ3) is 3.40. The van der Waals surface area contributed by atoms with Crippen LogP contribution in [-0.4, -0.2) is 10.8 Å². The molecule has 0 N–H and O–H groups in total. The van der Waals surface area contributed by atoms with Crippen molar-refractivity contribution in [3.63, 3.8) is 0 Å². The Morgan fingerprint density at radius 3 is 2.82 bits per heavy atom. The smallest absolute Gasteiger partial charge is 0.167 e. The van der Waals surface area contributed by atoms with Crippen molar-refractivity contribution >= 4 is 17.4 Å². The van der Waals surface area contributed by atoms with Gasteiger partial charge < -0.3 is 0 Å². The molecule has 17 heavy (non-hydrogen) atoms. The molecule has 1 aromatic heterocycles. The second kappa shape index (κ2) is 5.60. The van der Waals surface area contributed by atoms with E-state index in [4.69, 9.17) is 11.6 Å². The number of nitrogens with zero attached hydrogens (tertiary/aromatic N) is 1.